The van der Waals surface area contributed by atoms with E-state index in [9.17, 15) is 18.0 Å². The highest BCUT2D eigenvalue weighted by Gasteiger charge is 2.31. The number of carbonyl (C=O) groups excluding carboxylic acids is 2. The van der Waals surface area contributed by atoms with Crippen LogP contribution < -0.4 is 10.0 Å². The molecule has 0 bridgehead atoms. The lowest BCUT2D eigenvalue weighted by Gasteiger charge is -2.16. The monoisotopic (exact) mass is 448 g/mol. The molecule has 3 rings (SSSR count). The average Bonchev–Trinajstić information content (AvgIpc) is 3.11. The molecular weight excluding hydrogens is 424 g/mol. The highest BCUT2D eigenvalue weighted by Crippen LogP contribution is 2.37. The number of hydrogen-bond donors (Lipinski definition) is 2. The van der Waals surface area contributed by atoms with Crippen molar-refractivity contribution in [1.29, 1.82) is 0 Å². The Kier molecular flexibility index (Phi) is 6.84. The van der Waals surface area contributed by atoms with E-state index in [0.29, 0.717) is 12.1 Å². The summed E-state index contributed by atoms with van der Waals surface area (Å²) in [6.45, 7) is 4.97. The Hall–Kier alpha value is -2.36. The number of esters is 1. The van der Waals surface area contributed by atoms with Gasteiger partial charge in [0.25, 0.3) is 5.91 Å². The van der Waals surface area contributed by atoms with E-state index in [1.807, 2.05) is 24.3 Å². The first-order chi connectivity index (χ1) is 14.2. The van der Waals surface area contributed by atoms with Gasteiger partial charge in [0.15, 0.2) is 6.10 Å². The summed E-state index contributed by atoms with van der Waals surface area (Å²) >= 11 is 1.44. The van der Waals surface area contributed by atoms with Crippen molar-refractivity contribution in [2.24, 2.45) is 0 Å². The topological polar surface area (TPSA) is 102 Å². The Morgan fingerprint density at radius 1 is 1.07 bits per heavy atom. The van der Waals surface area contributed by atoms with Gasteiger partial charge >= 0.3 is 5.97 Å². The third-order valence-corrected chi connectivity index (χ3v) is 7.37. The van der Waals surface area contributed by atoms with Crippen LogP contribution in [0.2, 0.25) is 0 Å². The summed E-state index contributed by atoms with van der Waals surface area (Å²) in [5, 5.41) is 2.27. The Bertz CT molecular complexity index is 1010. The van der Waals surface area contributed by atoms with E-state index in [1.165, 1.54) is 43.0 Å². The molecule has 1 aliphatic heterocycles. The molecule has 9 heteroatoms. The number of sulfonamides is 1. The summed E-state index contributed by atoms with van der Waals surface area (Å²) < 4.78 is 32.1. The first-order valence-electron chi connectivity index (χ1n) is 9.54. The van der Waals surface area contributed by atoms with Gasteiger partial charge in [-0.25, -0.2) is 13.1 Å². The van der Waals surface area contributed by atoms with Gasteiger partial charge < -0.3 is 10.1 Å². The quantitative estimate of drug-likeness (QED) is 0.632. The molecule has 0 aromatic heterocycles. The molecule has 0 aliphatic carbocycles. The molecule has 0 spiro atoms. The third-order valence-electron chi connectivity index (χ3n) is 4.40. The van der Waals surface area contributed by atoms with E-state index >= 15 is 0 Å². The van der Waals surface area contributed by atoms with Gasteiger partial charge in [-0.2, -0.15) is 0 Å². The van der Waals surface area contributed by atoms with Crippen LogP contribution in [0.4, 0.5) is 5.69 Å². The molecule has 2 aromatic rings. The van der Waals surface area contributed by atoms with Crippen molar-refractivity contribution in [2.45, 2.75) is 54.4 Å². The number of amides is 1. The molecule has 0 radical (unpaired) electrons. The maximum absolute atomic E-state index is 12.4. The zero-order valence-electron chi connectivity index (χ0n) is 16.9. The molecule has 1 heterocycles. The van der Waals surface area contributed by atoms with Crippen LogP contribution in [0.5, 0.6) is 0 Å². The summed E-state index contributed by atoms with van der Waals surface area (Å²) in [6, 6.07) is 13.4. The third kappa shape index (κ3) is 5.41. The van der Waals surface area contributed by atoms with Crippen molar-refractivity contribution < 1.29 is 22.7 Å². The van der Waals surface area contributed by atoms with Crippen LogP contribution >= 0.6 is 11.8 Å². The maximum Gasteiger partial charge on any atom is 0.320 e. The molecule has 0 saturated heterocycles. The van der Waals surface area contributed by atoms with E-state index in [-0.39, 0.29) is 16.2 Å². The van der Waals surface area contributed by atoms with Crippen LogP contribution in [-0.4, -0.2) is 37.7 Å². The fraction of sp³-hybridized carbons (Fsp3) is 0.333. The van der Waals surface area contributed by atoms with E-state index in [2.05, 4.69) is 10.0 Å². The maximum atomic E-state index is 12.4. The van der Waals surface area contributed by atoms with Crippen molar-refractivity contribution in [3.05, 3.63) is 54.1 Å². The second-order valence-electron chi connectivity index (χ2n) is 7.29. The summed E-state index contributed by atoms with van der Waals surface area (Å²) in [5.74, 6) is -0.917. The molecule has 7 nitrogen and oxygen atoms in total. The van der Waals surface area contributed by atoms with Crippen molar-refractivity contribution in [3.63, 3.8) is 0 Å². The van der Waals surface area contributed by atoms with Crippen molar-refractivity contribution in [3.8, 4) is 0 Å². The second kappa shape index (κ2) is 9.20. The van der Waals surface area contributed by atoms with E-state index < -0.39 is 28.0 Å². The molecule has 0 fully saturated rings. The molecule has 1 aliphatic rings. The molecular formula is C21H24N2O5S2. The van der Waals surface area contributed by atoms with Crippen molar-refractivity contribution in [1.82, 2.24) is 4.72 Å². The normalized spacial score (nSPS) is 16.7. The number of nitrogens with one attached hydrogen (secondary N) is 2. The average molecular weight is 449 g/mol. The van der Waals surface area contributed by atoms with Gasteiger partial charge in [0.05, 0.1) is 4.90 Å². The zero-order chi connectivity index (χ0) is 21.9. The summed E-state index contributed by atoms with van der Waals surface area (Å²) in [4.78, 5) is 26.0. The number of hydrogen-bond acceptors (Lipinski definition) is 6. The molecule has 160 valence electrons. The predicted octanol–water partition coefficient (Wildman–Crippen LogP) is 2.96. The molecule has 2 N–H and O–H groups in total. The first-order valence-corrected chi connectivity index (χ1v) is 11.9. The Balaban J connectivity index is 1.55. The van der Waals surface area contributed by atoms with Crippen molar-refractivity contribution >= 4 is 39.3 Å². The Morgan fingerprint density at radius 3 is 2.37 bits per heavy atom. The number of fused-ring (bicyclic) bond motifs is 1. The van der Waals surface area contributed by atoms with Crippen LogP contribution in [0.3, 0.4) is 0 Å². The fourth-order valence-corrected chi connectivity index (χ4v) is 5.39. The van der Waals surface area contributed by atoms with Gasteiger partial charge in [0.2, 0.25) is 10.0 Å². The number of carbonyl (C=O) groups is 2. The van der Waals surface area contributed by atoms with Gasteiger partial charge in [-0.3, -0.25) is 9.59 Å². The molecule has 2 unspecified atom stereocenters. The SMILES string of the molecule is CC(C)NS(=O)(=O)c1ccc(NC(=O)C(C)OC(=O)C2Cc3ccccc3S2)cc1. The predicted molar refractivity (Wildman–Crippen MR) is 116 cm³/mol. The molecule has 1 amide bonds. The van der Waals surface area contributed by atoms with Crippen LogP contribution in [0.1, 0.15) is 26.3 Å². The van der Waals surface area contributed by atoms with Gasteiger partial charge in [-0.05, 0) is 63.1 Å². The van der Waals surface area contributed by atoms with Gasteiger partial charge in [-0.1, -0.05) is 18.2 Å². The number of benzene rings is 2. The minimum absolute atomic E-state index is 0.103. The highest BCUT2D eigenvalue weighted by molar-refractivity contribution is 8.01. The van der Waals surface area contributed by atoms with Crippen LogP contribution in [-0.2, 0) is 30.8 Å². The highest BCUT2D eigenvalue weighted by atomic mass is 32.2. The number of thioether (sulfide) groups is 1. The molecule has 2 aromatic carbocycles. The standard InChI is InChI=1S/C21H24N2O5S2/c1-13(2)23-30(26,27)17-10-8-16(9-11-17)22-20(24)14(3)28-21(25)19-12-15-6-4-5-7-18(15)29-19/h4-11,13-14,19,23H,12H2,1-3H3,(H,22,24). The number of rotatable bonds is 7. The van der Waals surface area contributed by atoms with Gasteiger partial charge in [0.1, 0.15) is 5.25 Å². The zero-order valence-corrected chi connectivity index (χ0v) is 18.5. The van der Waals surface area contributed by atoms with Gasteiger partial charge in [-0.15, -0.1) is 11.8 Å². The lowest BCUT2D eigenvalue weighted by molar-refractivity contribution is -0.152. The minimum Gasteiger partial charge on any atom is -0.452 e. The minimum atomic E-state index is -3.60. The first kappa shape index (κ1) is 22.3. The van der Waals surface area contributed by atoms with Gasteiger partial charge in [0, 0.05) is 16.6 Å². The molecule has 2 atom stereocenters. The summed E-state index contributed by atoms with van der Waals surface area (Å²) in [7, 11) is -3.60. The Labute approximate surface area is 180 Å². The summed E-state index contributed by atoms with van der Waals surface area (Å²) in [6.07, 6.45) is -0.401. The Morgan fingerprint density at radius 2 is 1.73 bits per heavy atom. The lowest BCUT2D eigenvalue weighted by atomic mass is 10.1. The molecule has 0 saturated carbocycles. The fourth-order valence-electron chi connectivity index (χ4n) is 2.96. The second-order valence-corrected chi connectivity index (χ2v) is 10.2. The van der Waals surface area contributed by atoms with E-state index in [0.717, 1.165) is 10.5 Å². The number of anilines is 1. The number of ether oxygens (including phenoxy) is 1. The van der Waals surface area contributed by atoms with Crippen LogP contribution in [0.15, 0.2) is 58.3 Å². The van der Waals surface area contributed by atoms with E-state index in [4.69, 9.17) is 4.74 Å². The smallest absolute Gasteiger partial charge is 0.320 e. The molecule has 30 heavy (non-hydrogen) atoms. The summed E-state index contributed by atoms with van der Waals surface area (Å²) in [5.41, 5.74) is 1.51. The van der Waals surface area contributed by atoms with Crippen molar-refractivity contribution in [2.75, 3.05) is 5.32 Å². The van der Waals surface area contributed by atoms with Crippen LogP contribution in [0, 0.1) is 0 Å². The van der Waals surface area contributed by atoms with Crippen LogP contribution in [0.25, 0.3) is 0 Å². The van der Waals surface area contributed by atoms with E-state index in [1.54, 1.807) is 13.8 Å². The largest absolute Gasteiger partial charge is 0.452 e. The lowest BCUT2D eigenvalue weighted by Crippen LogP contribution is -2.33.